The van der Waals surface area contributed by atoms with E-state index >= 15 is 0 Å². The molecule has 0 aromatic heterocycles. The average Bonchev–Trinajstić information content (AvgIpc) is 2.82. The minimum absolute atomic E-state index is 0.0387. The van der Waals surface area contributed by atoms with Gasteiger partial charge < -0.3 is 0 Å². The molecule has 2 rings (SSSR count). The quantitative estimate of drug-likeness (QED) is 0.529. The number of halogens is 2. The number of alkyl halides is 2. The topological polar surface area (TPSA) is 0 Å². The largest absolute Gasteiger partial charge is 0.251 e. The maximum atomic E-state index is 12.6. The van der Waals surface area contributed by atoms with Gasteiger partial charge in [0.05, 0.1) is 0 Å². The lowest BCUT2D eigenvalue weighted by Crippen LogP contribution is -2.19. The highest BCUT2D eigenvalue weighted by molar-refractivity contribution is 5.10. The maximum absolute atomic E-state index is 12.6. The van der Waals surface area contributed by atoms with Gasteiger partial charge in [-0.05, 0) is 37.5 Å². The fourth-order valence-corrected chi connectivity index (χ4v) is 2.56. The Morgan fingerprint density at radius 1 is 0.947 bits per heavy atom. The van der Waals surface area contributed by atoms with Gasteiger partial charge in [0.15, 0.2) is 0 Å². The number of allylic oxidation sites excluding steroid dienone is 4. The van der Waals surface area contributed by atoms with E-state index in [0.29, 0.717) is 12.3 Å². The SMILES string of the molecule is CC(C)C1=CCC(F)(F)CC1.CC(C)C1=CCCC1. The van der Waals surface area contributed by atoms with Crippen LogP contribution in [0.4, 0.5) is 8.78 Å². The minimum Gasteiger partial charge on any atom is -0.207 e. The summed E-state index contributed by atoms with van der Waals surface area (Å²) in [6.45, 7) is 8.65. The molecular formula is C17H28F2. The van der Waals surface area contributed by atoms with Gasteiger partial charge in [0.1, 0.15) is 0 Å². The molecule has 2 aliphatic carbocycles. The van der Waals surface area contributed by atoms with E-state index < -0.39 is 5.92 Å². The van der Waals surface area contributed by atoms with Gasteiger partial charge in [0.25, 0.3) is 5.92 Å². The van der Waals surface area contributed by atoms with Gasteiger partial charge in [0, 0.05) is 12.8 Å². The number of rotatable bonds is 2. The van der Waals surface area contributed by atoms with Gasteiger partial charge in [-0.25, -0.2) is 8.78 Å². The highest BCUT2D eigenvalue weighted by atomic mass is 19.3. The van der Waals surface area contributed by atoms with E-state index in [4.69, 9.17) is 0 Å². The minimum atomic E-state index is -2.43. The van der Waals surface area contributed by atoms with E-state index in [1.807, 2.05) is 0 Å². The fraction of sp³-hybridized carbons (Fsp3) is 0.765. The van der Waals surface area contributed by atoms with E-state index in [-0.39, 0.29) is 12.8 Å². The third kappa shape index (κ3) is 5.88. The predicted molar refractivity (Wildman–Crippen MR) is 78.5 cm³/mol. The molecule has 0 N–H and O–H groups in total. The number of hydrogen-bond donors (Lipinski definition) is 0. The van der Waals surface area contributed by atoms with Crippen LogP contribution < -0.4 is 0 Å². The second kappa shape index (κ2) is 7.21. The third-order valence-corrected chi connectivity index (χ3v) is 4.00. The van der Waals surface area contributed by atoms with Crippen LogP contribution in [0.25, 0.3) is 0 Å². The van der Waals surface area contributed by atoms with Crippen molar-refractivity contribution in [3.05, 3.63) is 23.3 Å². The number of hydrogen-bond acceptors (Lipinski definition) is 0. The second-order valence-corrected chi connectivity index (χ2v) is 6.32. The molecule has 0 bridgehead atoms. The van der Waals surface area contributed by atoms with Crippen LogP contribution in [-0.2, 0) is 0 Å². The molecule has 0 fully saturated rings. The Kier molecular flexibility index (Phi) is 6.22. The maximum Gasteiger partial charge on any atom is 0.251 e. The van der Waals surface area contributed by atoms with Crippen molar-refractivity contribution in [3.8, 4) is 0 Å². The van der Waals surface area contributed by atoms with Gasteiger partial charge in [-0.2, -0.15) is 0 Å². The van der Waals surface area contributed by atoms with Crippen LogP contribution in [0, 0.1) is 11.8 Å². The summed E-state index contributed by atoms with van der Waals surface area (Å²) in [6.07, 6.45) is 8.74. The summed E-state index contributed by atoms with van der Waals surface area (Å²) < 4.78 is 25.2. The first-order valence-corrected chi connectivity index (χ1v) is 7.57. The zero-order valence-electron chi connectivity index (χ0n) is 12.8. The monoisotopic (exact) mass is 270 g/mol. The van der Waals surface area contributed by atoms with Crippen molar-refractivity contribution in [2.45, 2.75) is 72.1 Å². The Morgan fingerprint density at radius 3 is 1.84 bits per heavy atom. The normalized spacial score (nSPS) is 21.9. The van der Waals surface area contributed by atoms with Crippen LogP contribution in [0.1, 0.15) is 66.2 Å². The van der Waals surface area contributed by atoms with Crippen molar-refractivity contribution in [3.63, 3.8) is 0 Å². The van der Waals surface area contributed by atoms with E-state index in [9.17, 15) is 8.78 Å². The van der Waals surface area contributed by atoms with Gasteiger partial charge in [0.2, 0.25) is 0 Å². The molecule has 0 aliphatic heterocycles. The molecule has 0 atom stereocenters. The molecule has 0 nitrogen and oxygen atoms in total. The summed E-state index contributed by atoms with van der Waals surface area (Å²) in [5.41, 5.74) is 2.86. The summed E-state index contributed by atoms with van der Waals surface area (Å²) in [7, 11) is 0. The Balaban J connectivity index is 0.000000200. The predicted octanol–water partition coefficient (Wildman–Crippen LogP) is 6.14. The van der Waals surface area contributed by atoms with Crippen molar-refractivity contribution in [2.75, 3.05) is 0 Å². The molecule has 2 heteroatoms. The van der Waals surface area contributed by atoms with Crippen LogP contribution >= 0.6 is 0 Å². The molecule has 110 valence electrons. The Morgan fingerprint density at radius 2 is 1.53 bits per heavy atom. The zero-order chi connectivity index (χ0) is 14.5. The molecule has 19 heavy (non-hydrogen) atoms. The molecule has 0 heterocycles. The van der Waals surface area contributed by atoms with Crippen LogP contribution in [-0.4, -0.2) is 5.92 Å². The summed E-state index contributed by atoms with van der Waals surface area (Å²) >= 11 is 0. The molecule has 2 aliphatic rings. The van der Waals surface area contributed by atoms with Gasteiger partial charge in [-0.3, -0.25) is 0 Å². The van der Waals surface area contributed by atoms with Crippen LogP contribution in [0.2, 0.25) is 0 Å². The summed E-state index contributed by atoms with van der Waals surface area (Å²) in [4.78, 5) is 0. The summed E-state index contributed by atoms with van der Waals surface area (Å²) in [5, 5.41) is 0. The Hall–Kier alpha value is -0.660. The van der Waals surface area contributed by atoms with Gasteiger partial charge in [-0.1, -0.05) is 51.0 Å². The molecule has 0 aromatic carbocycles. The standard InChI is InChI=1S/C9H14F2.C8H14/c1-7(2)8-3-5-9(10,11)6-4-8;1-7(2)8-5-3-4-6-8/h3,7H,4-6H2,1-2H3;5,7H,3-4,6H2,1-2H3. The third-order valence-electron chi connectivity index (χ3n) is 4.00. The summed E-state index contributed by atoms with van der Waals surface area (Å²) in [5.74, 6) is -1.19. The van der Waals surface area contributed by atoms with Crippen molar-refractivity contribution < 1.29 is 8.78 Å². The Bertz CT molecular complexity index is 335. The zero-order valence-corrected chi connectivity index (χ0v) is 12.8. The fourth-order valence-electron chi connectivity index (χ4n) is 2.56. The highest BCUT2D eigenvalue weighted by Gasteiger charge is 2.31. The van der Waals surface area contributed by atoms with E-state index in [0.717, 1.165) is 5.92 Å². The highest BCUT2D eigenvalue weighted by Crippen LogP contribution is 2.34. The van der Waals surface area contributed by atoms with E-state index in [2.05, 4.69) is 33.8 Å². The lowest BCUT2D eigenvalue weighted by atomic mass is 9.90. The van der Waals surface area contributed by atoms with Crippen molar-refractivity contribution in [2.24, 2.45) is 11.8 Å². The van der Waals surface area contributed by atoms with Crippen LogP contribution in [0.5, 0.6) is 0 Å². The van der Waals surface area contributed by atoms with Crippen molar-refractivity contribution in [1.82, 2.24) is 0 Å². The van der Waals surface area contributed by atoms with Crippen LogP contribution in [0.15, 0.2) is 23.3 Å². The summed E-state index contributed by atoms with van der Waals surface area (Å²) in [6, 6.07) is 0. The first-order chi connectivity index (χ1) is 8.82. The molecule has 0 amide bonds. The molecule has 0 radical (unpaired) electrons. The molecule has 0 saturated heterocycles. The molecule has 0 saturated carbocycles. The van der Waals surface area contributed by atoms with Gasteiger partial charge >= 0.3 is 0 Å². The average molecular weight is 270 g/mol. The first-order valence-electron chi connectivity index (χ1n) is 7.57. The molecule has 0 unspecified atom stereocenters. The lowest BCUT2D eigenvalue weighted by molar-refractivity contribution is -0.00945. The van der Waals surface area contributed by atoms with Crippen molar-refractivity contribution >= 4 is 0 Å². The first kappa shape index (κ1) is 16.4. The van der Waals surface area contributed by atoms with Gasteiger partial charge in [-0.15, -0.1) is 0 Å². The smallest absolute Gasteiger partial charge is 0.207 e. The lowest BCUT2D eigenvalue weighted by Gasteiger charge is -2.23. The second-order valence-electron chi connectivity index (χ2n) is 6.32. The van der Waals surface area contributed by atoms with E-state index in [1.165, 1.54) is 24.8 Å². The van der Waals surface area contributed by atoms with Crippen molar-refractivity contribution in [1.29, 1.82) is 0 Å². The van der Waals surface area contributed by atoms with E-state index in [1.54, 1.807) is 11.6 Å². The molecule has 0 aromatic rings. The Labute approximate surface area is 117 Å². The molecule has 0 spiro atoms. The van der Waals surface area contributed by atoms with Crippen LogP contribution in [0.3, 0.4) is 0 Å². The molecular weight excluding hydrogens is 242 g/mol.